The lowest BCUT2D eigenvalue weighted by Gasteiger charge is -2.39. The van der Waals surface area contributed by atoms with Crippen LogP contribution in [0.3, 0.4) is 0 Å². The summed E-state index contributed by atoms with van der Waals surface area (Å²) in [6.07, 6.45) is 0.795. The van der Waals surface area contributed by atoms with E-state index in [2.05, 4.69) is 62.2 Å². The van der Waals surface area contributed by atoms with Crippen LogP contribution in [0, 0.1) is 12.8 Å². The van der Waals surface area contributed by atoms with Crippen molar-refractivity contribution >= 4 is 22.7 Å². The maximum absolute atomic E-state index is 14.2. The number of likely N-dealkylation sites (N-methyl/N-ethyl adjacent to an activating group) is 1. The van der Waals surface area contributed by atoms with E-state index >= 15 is 0 Å². The topological polar surface area (TPSA) is 56.4 Å². The van der Waals surface area contributed by atoms with Crippen LogP contribution < -0.4 is 0 Å². The largest absolute Gasteiger partial charge is 0.354 e. The maximum atomic E-state index is 14.2. The number of hydrogen-bond acceptors (Lipinski definition) is 2. The summed E-state index contributed by atoms with van der Waals surface area (Å²) in [6, 6.07) is 23.7. The number of para-hydroxylation sites is 1. The number of carbonyl (C=O) groups is 2. The van der Waals surface area contributed by atoms with Crippen LogP contribution in [0.5, 0.6) is 0 Å². The number of carbonyl (C=O) groups excluding carboxylic acids is 2. The smallest absolute Gasteiger partial charge is 0.255 e. The Bertz CT molecular complexity index is 1470. The standard InChI is InChI=1S/C33H37N3O2/c1-6-22(5)30(33(38)35(7-2)8-3)36-31(24-13-9-10-14-25(24)32(36)37)28-26-15-11-12-16-27(26)34-29(28)23-19-17-21(4)18-20-23/h9-20,22,30-31,34H,6-8H2,1-5H3. The van der Waals surface area contributed by atoms with Gasteiger partial charge in [0, 0.05) is 35.1 Å². The number of hydrogen-bond donors (Lipinski definition) is 1. The SMILES string of the molecule is CCC(C)C(C(=O)N(CC)CC)N1C(=O)c2ccccc2C1c1c(-c2ccc(C)cc2)[nH]c2ccccc12. The van der Waals surface area contributed by atoms with E-state index in [-0.39, 0.29) is 23.8 Å². The minimum Gasteiger partial charge on any atom is -0.354 e. The van der Waals surface area contributed by atoms with Gasteiger partial charge in [-0.1, -0.05) is 86.5 Å². The molecule has 1 aliphatic heterocycles. The van der Waals surface area contributed by atoms with Crippen LogP contribution in [0.15, 0.2) is 72.8 Å². The summed E-state index contributed by atoms with van der Waals surface area (Å²) >= 11 is 0. The molecule has 196 valence electrons. The molecular formula is C33H37N3O2. The zero-order valence-corrected chi connectivity index (χ0v) is 23.0. The molecule has 3 unspecified atom stereocenters. The Morgan fingerprint density at radius 2 is 1.61 bits per heavy atom. The number of nitrogens with one attached hydrogen (secondary N) is 1. The van der Waals surface area contributed by atoms with Gasteiger partial charge in [-0.2, -0.15) is 0 Å². The molecular weight excluding hydrogens is 470 g/mol. The van der Waals surface area contributed by atoms with Crippen molar-refractivity contribution in [2.75, 3.05) is 13.1 Å². The average Bonchev–Trinajstić information content (AvgIpc) is 3.45. The van der Waals surface area contributed by atoms with Crippen LogP contribution in [-0.2, 0) is 4.79 Å². The lowest BCUT2D eigenvalue weighted by Crippen LogP contribution is -2.53. The van der Waals surface area contributed by atoms with E-state index in [1.165, 1.54) is 5.56 Å². The lowest BCUT2D eigenvalue weighted by atomic mass is 9.90. The predicted molar refractivity (Wildman–Crippen MR) is 154 cm³/mol. The molecule has 0 fully saturated rings. The molecule has 0 bridgehead atoms. The third kappa shape index (κ3) is 4.20. The fourth-order valence-electron chi connectivity index (χ4n) is 5.90. The van der Waals surface area contributed by atoms with E-state index in [0.29, 0.717) is 18.7 Å². The van der Waals surface area contributed by atoms with Crippen LogP contribution >= 0.6 is 0 Å². The molecule has 5 rings (SSSR count). The molecule has 5 nitrogen and oxygen atoms in total. The first-order valence-electron chi connectivity index (χ1n) is 13.8. The van der Waals surface area contributed by atoms with E-state index in [9.17, 15) is 9.59 Å². The molecule has 0 radical (unpaired) electrons. The molecule has 3 aromatic carbocycles. The fourth-order valence-corrected chi connectivity index (χ4v) is 5.90. The number of aryl methyl sites for hydroxylation is 1. The Kier molecular flexibility index (Phi) is 7.11. The van der Waals surface area contributed by atoms with E-state index < -0.39 is 6.04 Å². The first kappa shape index (κ1) is 25.8. The van der Waals surface area contributed by atoms with Crippen molar-refractivity contribution in [2.45, 2.75) is 53.1 Å². The number of H-pyrrole nitrogens is 1. The van der Waals surface area contributed by atoms with Gasteiger partial charge in [-0.25, -0.2) is 0 Å². The number of benzene rings is 3. The summed E-state index contributed by atoms with van der Waals surface area (Å²) < 4.78 is 0. The van der Waals surface area contributed by atoms with E-state index in [0.717, 1.165) is 39.7 Å². The third-order valence-electron chi connectivity index (χ3n) is 8.17. The van der Waals surface area contributed by atoms with Gasteiger partial charge in [-0.05, 0) is 49.9 Å². The Hall–Kier alpha value is -3.86. The zero-order valence-electron chi connectivity index (χ0n) is 23.0. The molecule has 1 aromatic heterocycles. The monoisotopic (exact) mass is 507 g/mol. The summed E-state index contributed by atoms with van der Waals surface area (Å²) in [4.78, 5) is 35.7. The third-order valence-corrected chi connectivity index (χ3v) is 8.17. The van der Waals surface area contributed by atoms with Crippen molar-refractivity contribution in [1.29, 1.82) is 0 Å². The highest BCUT2D eigenvalue weighted by atomic mass is 16.2. The van der Waals surface area contributed by atoms with Gasteiger partial charge in [0.25, 0.3) is 5.91 Å². The molecule has 0 spiro atoms. The molecule has 5 heteroatoms. The van der Waals surface area contributed by atoms with Gasteiger partial charge in [0.05, 0.1) is 11.7 Å². The van der Waals surface area contributed by atoms with Gasteiger partial charge in [0.2, 0.25) is 5.91 Å². The summed E-state index contributed by atoms with van der Waals surface area (Å²) in [5.74, 6) is -0.0549. The van der Waals surface area contributed by atoms with Crippen LogP contribution in [-0.4, -0.2) is 45.7 Å². The van der Waals surface area contributed by atoms with Gasteiger partial charge in [0.15, 0.2) is 0 Å². The maximum Gasteiger partial charge on any atom is 0.255 e. The van der Waals surface area contributed by atoms with Crippen molar-refractivity contribution in [3.05, 3.63) is 95.1 Å². The first-order chi connectivity index (χ1) is 18.4. The Balaban J connectivity index is 1.79. The molecule has 2 amide bonds. The quantitative estimate of drug-likeness (QED) is 0.280. The zero-order chi connectivity index (χ0) is 27.0. The molecule has 2 heterocycles. The normalized spacial score (nSPS) is 16.5. The van der Waals surface area contributed by atoms with Crippen LogP contribution in [0.2, 0.25) is 0 Å². The highest BCUT2D eigenvalue weighted by Crippen LogP contribution is 2.47. The van der Waals surface area contributed by atoms with Gasteiger partial charge in [-0.3, -0.25) is 9.59 Å². The minimum atomic E-state index is -0.565. The summed E-state index contributed by atoms with van der Waals surface area (Å²) in [5, 5.41) is 1.07. The highest BCUT2D eigenvalue weighted by Gasteiger charge is 2.47. The molecule has 1 N–H and O–H groups in total. The Labute approximate surface area is 225 Å². The second kappa shape index (κ2) is 10.5. The van der Waals surface area contributed by atoms with Gasteiger partial charge in [0.1, 0.15) is 6.04 Å². The second-order valence-corrected chi connectivity index (χ2v) is 10.4. The highest BCUT2D eigenvalue weighted by molar-refractivity contribution is 6.04. The van der Waals surface area contributed by atoms with Gasteiger partial charge < -0.3 is 14.8 Å². The van der Waals surface area contributed by atoms with Crippen molar-refractivity contribution in [3.63, 3.8) is 0 Å². The second-order valence-electron chi connectivity index (χ2n) is 10.4. The van der Waals surface area contributed by atoms with Crippen LogP contribution in [0.4, 0.5) is 0 Å². The fraction of sp³-hybridized carbons (Fsp3) is 0.333. The van der Waals surface area contributed by atoms with Crippen molar-refractivity contribution < 1.29 is 9.59 Å². The number of fused-ring (bicyclic) bond motifs is 2. The average molecular weight is 508 g/mol. The number of aromatic nitrogens is 1. The molecule has 0 saturated heterocycles. The Morgan fingerprint density at radius 3 is 2.29 bits per heavy atom. The molecule has 0 saturated carbocycles. The molecule has 38 heavy (non-hydrogen) atoms. The molecule has 4 aromatic rings. The summed E-state index contributed by atoms with van der Waals surface area (Å²) in [7, 11) is 0. The molecule has 1 aliphatic rings. The predicted octanol–water partition coefficient (Wildman–Crippen LogP) is 6.97. The van der Waals surface area contributed by atoms with Crippen molar-refractivity contribution in [1.82, 2.24) is 14.8 Å². The number of nitrogens with zero attached hydrogens (tertiary/aromatic N) is 2. The van der Waals surface area contributed by atoms with Crippen LogP contribution in [0.1, 0.15) is 67.2 Å². The lowest BCUT2D eigenvalue weighted by molar-refractivity contribution is -0.138. The van der Waals surface area contributed by atoms with Crippen molar-refractivity contribution in [3.8, 4) is 11.3 Å². The summed E-state index contributed by atoms with van der Waals surface area (Å²) in [6.45, 7) is 11.5. The van der Waals surface area contributed by atoms with Gasteiger partial charge >= 0.3 is 0 Å². The Morgan fingerprint density at radius 1 is 0.947 bits per heavy atom. The number of rotatable bonds is 8. The van der Waals surface area contributed by atoms with E-state index in [4.69, 9.17) is 0 Å². The number of aromatic amines is 1. The number of amides is 2. The first-order valence-corrected chi connectivity index (χ1v) is 13.8. The van der Waals surface area contributed by atoms with Gasteiger partial charge in [-0.15, -0.1) is 0 Å². The van der Waals surface area contributed by atoms with Crippen LogP contribution in [0.25, 0.3) is 22.2 Å². The van der Waals surface area contributed by atoms with Crippen molar-refractivity contribution in [2.24, 2.45) is 5.92 Å². The summed E-state index contributed by atoms with van der Waals surface area (Å²) in [5.41, 5.74) is 6.94. The molecule has 0 aliphatic carbocycles. The van der Waals surface area contributed by atoms with E-state index in [1.807, 2.05) is 60.0 Å². The van der Waals surface area contributed by atoms with E-state index in [1.54, 1.807) is 0 Å². The molecule has 3 atom stereocenters. The minimum absolute atomic E-state index is 0.00288.